The minimum Gasteiger partial charge on any atom is -0.482 e. The predicted octanol–water partition coefficient (Wildman–Crippen LogP) is 2.61. The molecule has 0 unspecified atom stereocenters. The van der Waals surface area contributed by atoms with E-state index in [4.69, 9.17) is 16.3 Å². The van der Waals surface area contributed by atoms with E-state index in [-0.39, 0.29) is 18.3 Å². The van der Waals surface area contributed by atoms with Crippen LogP contribution in [0.5, 0.6) is 5.75 Å². The average Bonchev–Trinajstić information content (AvgIpc) is 2.38. The molecule has 96 valence electrons. The van der Waals surface area contributed by atoms with E-state index in [0.29, 0.717) is 29.3 Å². The van der Waals surface area contributed by atoms with Gasteiger partial charge in [-0.2, -0.15) is 0 Å². The standard InChI is InChI=1S/C13H14ClNO3/c14-6-2-1-3-11(16)9-4-5-12-10(7-9)15-13(17)8-18-12/h4-5,7H,1-3,6,8H2,(H,15,17). The Kier molecular flexibility index (Phi) is 4.20. The Balaban J connectivity index is 2.08. The van der Waals surface area contributed by atoms with Crippen molar-refractivity contribution in [2.24, 2.45) is 0 Å². The Morgan fingerprint density at radius 1 is 1.39 bits per heavy atom. The molecule has 0 saturated heterocycles. The van der Waals surface area contributed by atoms with Gasteiger partial charge in [0.15, 0.2) is 12.4 Å². The summed E-state index contributed by atoms with van der Waals surface area (Å²) in [6, 6.07) is 5.10. The summed E-state index contributed by atoms with van der Waals surface area (Å²) >= 11 is 5.57. The number of hydrogen-bond donors (Lipinski definition) is 1. The second-order valence-corrected chi connectivity index (χ2v) is 4.50. The van der Waals surface area contributed by atoms with E-state index in [1.807, 2.05) is 0 Å². The summed E-state index contributed by atoms with van der Waals surface area (Å²) in [5.74, 6) is 1.03. The monoisotopic (exact) mass is 267 g/mol. The topological polar surface area (TPSA) is 55.4 Å². The number of ether oxygens (including phenoxy) is 1. The van der Waals surface area contributed by atoms with Crippen LogP contribution in [0.4, 0.5) is 5.69 Å². The number of rotatable bonds is 5. The number of anilines is 1. The number of benzene rings is 1. The zero-order valence-corrected chi connectivity index (χ0v) is 10.6. The third-order valence-corrected chi connectivity index (χ3v) is 2.99. The largest absolute Gasteiger partial charge is 0.482 e. The summed E-state index contributed by atoms with van der Waals surface area (Å²) in [6.45, 7) is 0.0238. The Hall–Kier alpha value is -1.55. The van der Waals surface area contributed by atoms with E-state index in [9.17, 15) is 9.59 Å². The zero-order valence-electron chi connectivity index (χ0n) is 9.87. The molecule has 1 aromatic carbocycles. The minimum absolute atomic E-state index is 0.0238. The van der Waals surface area contributed by atoms with E-state index in [2.05, 4.69) is 5.32 Å². The molecular formula is C13H14ClNO3. The molecule has 18 heavy (non-hydrogen) atoms. The maximum absolute atomic E-state index is 11.9. The molecule has 0 saturated carbocycles. The summed E-state index contributed by atoms with van der Waals surface area (Å²) in [5, 5.41) is 2.69. The van der Waals surface area contributed by atoms with Gasteiger partial charge in [-0.15, -0.1) is 11.6 Å². The molecule has 1 aliphatic rings. The molecule has 0 fully saturated rings. The number of carbonyl (C=O) groups excluding carboxylic acids is 2. The first-order chi connectivity index (χ1) is 8.70. The Labute approximate surface area is 110 Å². The molecule has 5 heteroatoms. The minimum atomic E-state index is -0.200. The number of hydrogen-bond acceptors (Lipinski definition) is 3. The zero-order chi connectivity index (χ0) is 13.0. The molecule has 1 amide bonds. The molecule has 0 atom stereocenters. The van der Waals surface area contributed by atoms with Crippen molar-refractivity contribution in [3.8, 4) is 5.75 Å². The summed E-state index contributed by atoms with van der Waals surface area (Å²) in [7, 11) is 0. The van der Waals surface area contributed by atoms with E-state index in [0.717, 1.165) is 12.8 Å². The molecule has 0 bridgehead atoms. The number of fused-ring (bicyclic) bond motifs is 1. The van der Waals surface area contributed by atoms with Crippen LogP contribution in [-0.4, -0.2) is 24.2 Å². The molecule has 0 aromatic heterocycles. The van der Waals surface area contributed by atoms with Gasteiger partial charge in [0, 0.05) is 17.9 Å². The lowest BCUT2D eigenvalue weighted by Gasteiger charge is -2.18. The Morgan fingerprint density at radius 3 is 3.00 bits per heavy atom. The fraction of sp³-hybridized carbons (Fsp3) is 0.385. The fourth-order valence-electron chi connectivity index (χ4n) is 1.78. The van der Waals surface area contributed by atoms with Gasteiger partial charge in [-0.3, -0.25) is 9.59 Å². The Bertz CT molecular complexity index is 473. The predicted molar refractivity (Wildman–Crippen MR) is 69.5 cm³/mol. The van der Waals surface area contributed by atoms with Gasteiger partial charge in [0.2, 0.25) is 0 Å². The molecule has 1 heterocycles. The van der Waals surface area contributed by atoms with Crippen LogP contribution in [0, 0.1) is 0 Å². The molecular weight excluding hydrogens is 254 g/mol. The van der Waals surface area contributed by atoms with Gasteiger partial charge in [0.05, 0.1) is 5.69 Å². The number of amides is 1. The van der Waals surface area contributed by atoms with Gasteiger partial charge in [-0.25, -0.2) is 0 Å². The van der Waals surface area contributed by atoms with Gasteiger partial charge in [0.1, 0.15) is 5.75 Å². The van der Waals surface area contributed by atoms with Crippen LogP contribution in [-0.2, 0) is 4.79 Å². The van der Waals surface area contributed by atoms with Crippen molar-refractivity contribution in [1.82, 2.24) is 0 Å². The Morgan fingerprint density at radius 2 is 2.22 bits per heavy atom. The highest BCUT2D eigenvalue weighted by molar-refractivity contribution is 6.17. The quantitative estimate of drug-likeness (QED) is 0.507. The van der Waals surface area contributed by atoms with Crippen LogP contribution in [0.3, 0.4) is 0 Å². The SMILES string of the molecule is O=C1COc2ccc(C(=O)CCCCCl)cc2N1. The lowest BCUT2D eigenvalue weighted by molar-refractivity contribution is -0.118. The number of ketones is 1. The van der Waals surface area contributed by atoms with Gasteiger partial charge in [0.25, 0.3) is 5.91 Å². The number of unbranched alkanes of at least 4 members (excludes halogenated alkanes) is 1. The first-order valence-corrected chi connectivity index (χ1v) is 6.40. The van der Waals surface area contributed by atoms with E-state index in [1.165, 1.54) is 0 Å². The van der Waals surface area contributed by atoms with Crippen molar-refractivity contribution in [2.75, 3.05) is 17.8 Å². The van der Waals surface area contributed by atoms with Crippen LogP contribution in [0.1, 0.15) is 29.6 Å². The van der Waals surface area contributed by atoms with Crippen molar-refractivity contribution in [1.29, 1.82) is 0 Å². The fourth-order valence-corrected chi connectivity index (χ4v) is 1.97. The smallest absolute Gasteiger partial charge is 0.262 e. The summed E-state index contributed by atoms with van der Waals surface area (Å²) < 4.78 is 5.23. The van der Waals surface area contributed by atoms with E-state index in [1.54, 1.807) is 18.2 Å². The van der Waals surface area contributed by atoms with Crippen molar-refractivity contribution in [3.63, 3.8) is 0 Å². The van der Waals surface area contributed by atoms with Crippen LogP contribution in [0.15, 0.2) is 18.2 Å². The van der Waals surface area contributed by atoms with Crippen LogP contribution in [0.25, 0.3) is 0 Å². The van der Waals surface area contributed by atoms with Crippen molar-refractivity contribution < 1.29 is 14.3 Å². The number of nitrogens with one attached hydrogen (secondary N) is 1. The highest BCUT2D eigenvalue weighted by Crippen LogP contribution is 2.28. The third-order valence-electron chi connectivity index (χ3n) is 2.72. The van der Waals surface area contributed by atoms with Gasteiger partial charge in [-0.05, 0) is 31.0 Å². The summed E-state index contributed by atoms with van der Waals surface area (Å²) in [4.78, 5) is 23.1. The van der Waals surface area contributed by atoms with Gasteiger partial charge < -0.3 is 10.1 Å². The lowest BCUT2D eigenvalue weighted by atomic mass is 10.0. The number of carbonyl (C=O) groups is 2. The molecule has 0 aliphatic carbocycles. The molecule has 1 aliphatic heterocycles. The molecule has 2 rings (SSSR count). The summed E-state index contributed by atoms with van der Waals surface area (Å²) in [6.07, 6.45) is 2.08. The molecule has 0 spiro atoms. The number of Topliss-reactive ketones (excluding diaryl/α,β-unsaturated/α-hetero) is 1. The molecule has 4 nitrogen and oxygen atoms in total. The molecule has 0 radical (unpaired) electrons. The van der Waals surface area contributed by atoms with Crippen LogP contribution >= 0.6 is 11.6 Å². The third kappa shape index (κ3) is 3.01. The highest BCUT2D eigenvalue weighted by atomic mass is 35.5. The average molecular weight is 268 g/mol. The molecule has 1 aromatic rings. The highest BCUT2D eigenvalue weighted by Gasteiger charge is 2.17. The van der Waals surface area contributed by atoms with Crippen LogP contribution < -0.4 is 10.1 Å². The van der Waals surface area contributed by atoms with Gasteiger partial charge in [-0.1, -0.05) is 0 Å². The maximum atomic E-state index is 11.9. The number of halogens is 1. The second kappa shape index (κ2) is 5.87. The van der Waals surface area contributed by atoms with Gasteiger partial charge >= 0.3 is 0 Å². The van der Waals surface area contributed by atoms with Crippen molar-refractivity contribution in [2.45, 2.75) is 19.3 Å². The first kappa shape index (κ1) is 12.9. The normalized spacial score (nSPS) is 13.5. The molecule has 1 N–H and O–H groups in total. The van der Waals surface area contributed by atoms with E-state index < -0.39 is 0 Å². The van der Waals surface area contributed by atoms with Crippen molar-refractivity contribution >= 4 is 29.0 Å². The van der Waals surface area contributed by atoms with E-state index >= 15 is 0 Å². The van der Waals surface area contributed by atoms with Crippen LogP contribution in [0.2, 0.25) is 0 Å². The number of alkyl halides is 1. The lowest BCUT2D eigenvalue weighted by Crippen LogP contribution is -2.25. The first-order valence-electron chi connectivity index (χ1n) is 5.86. The second-order valence-electron chi connectivity index (χ2n) is 4.12. The van der Waals surface area contributed by atoms with Crippen molar-refractivity contribution in [3.05, 3.63) is 23.8 Å². The summed E-state index contributed by atoms with van der Waals surface area (Å²) in [5.41, 5.74) is 1.16. The maximum Gasteiger partial charge on any atom is 0.262 e.